The van der Waals surface area contributed by atoms with Gasteiger partial charge in [0, 0.05) is 12.2 Å². The summed E-state index contributed by atoms with van der Waals surface area (Å²) in [5, 5.41) is 2.79. The Morgan fingerprint density at radius 1 is 0.861 bits per heavy atom. The lowest BCUT2D eigenvalue weighted by molar-refractivity contribution is -0.124. The number of rotatable bonds is 9. The van der Waals surface area contributed by atoms with Gasteiger partial charge in [0.25, 0.3) is 5.91 Å². The Balaban J connectivity index is 1.60. The molecular weight excluding hydrogens is 462 g/mol. The first-order valence-corrected chi connectivity index (χ1v) is 11.3. The number of hydrogen-bond donors (Lipinski definition) is 1. The second kappa shape index (κ2) is 10.8. The van der Waals surface area contributed by atoms with Crippen molar-refractivity contribution in [2.24, 2.45) is 0 Å². The normalized spacial score (nSPS) is 15.1. The molecule has 1 aliphatic heterocycles. The van der Waals surface area contributed by atoms with Crippen molar-refractivity contribution in [3.05, 3.63) is 78.4 Å². The Kier molecular flexibility index (Phi) is 7.39. The van der Waals surface area contributed by atoms with E-state index in [1.165, 1.54) is 19.1 Å². The molecule has 9 heteroatoms. The van der Waals surface area contributed by atoms with Crippen LogP contribution in [-0.4, -0.2) is 50.1 Å². The fourth-order valence-electron chi connectivity index (χ4n) is 4.07. The summed E-state index contributed by atoms with van der Waals surface area (Å²) in [6.45, 7) is 0.106. The lowest BCUT2D eigenvalue weighted by Crippen LogP contribution is -2.37. The molecule has 1 fully saturated rings. The van der Waals surface area contributed by atoms with E-state index in [1.807, 2.05) is 0 Å². The third kappa shape index (κ3) is 5.10. The number of nitrogens with one attached hydrogen (secondary N) is 1. The second-order valence-electron chi connectivity index (χ2n) is 8.11. The summed E-state index contributed by atoms with van der Waals surface area (Å²) >= 11 is 0. The first kappa shape index (κ1) is 24.6. The van der Waals surface area contributed by atoms with Crippen LogP contribution < -0.4 is 24.4 Å². The molecule has 0 spiro atoms. The minimum absolute atomic E-state index is 0.106. The molecular formula is C27H27N3O6. The molecule has 4 rings (SSSR count). The lowest BCUT2D eigenvalue weighted by Gasteiger charge is -2.22. The van der Waals surface area contributed by atoms with Crippen molar-refractivity contribution >= 4 is 29.2 Å². The van der Waals surface area contributed by atoms with Crippen LogP contribution in [0.4, 0.5) is 16.2 Å². The largest absolute Gasteiger partial charge is 0.497 e. The van der Waals surface area contributed by atoms with Crippen molar-refractivity contribution in [1.82, 2.24) is 4.90 Å². The molecule has 0 saturated carbocycles. The number of methoxy groups -OCH3 is 3. The molecule has 0 unspecified atom stereocenters. The van der Waals surface area contributed by atoms with Crippen molar-refractivity contribution in [3.63, 3.8) is 0 Å². The highest BCUT2D eigenvalue weighted by Gasteiger charge is 2.46. The van der Waals surface area contributed by atoms with Gasteiger partial charge in [0.1, 0.15) is 11.8 Å². The van der Waals surface area contributed by atoms with Gasteiger partial charge in [-0.2, -0.15) is 0 Å². The molecule has 1 N–H and O–H groups in total. The Hall–Kier alpha value is -4.53. The summed E-state index contributed by atoms with van der Waals surface area (Å²) in [6.07, 6.45) is -0.201. The molecule has 9 nitrogen and oxygen atoms in total. The number of imide groups is 1. The van der Waals surface area contributed by atoms with E-state index < -0.39 is 23.9 Å². The molecule has 0 radical (unpaired) electrons. The van der Waals surface area contributed by atoms with Gasteiger partial charge in [-0.15, -0.1) is 0 Å². The molecule has 1 heterocycles. The molecule has 0 bridgehead atoms. The highest BCUT2D eigenvalue weighted by Crippen LogP contribution is 2.32. The van der Waals surface area contributed by atoms with Crippen LogP contribution >= 0.6 is 0 Å². The topological polar surface area (TPSA) is 97.4 Å². The minimum atomic E-state index is -0.982. The zero-order valence-corrected chi connectivity index (χ0v) is 20.3. The second-order valence-corrected chi connectivity index (χ2v) is 8.11. The summed E-state index contributed by atoms with van der Waals surface area (Å²) < 4.78 is 15.8. The first-order chi connectivity index (χ1) is 17.4. The lowest BCUT2D eigenvalue weighted by atomic mass is 10.1. The van der Waals surface area contributed by atoms with Crippen LogP contribution in [0.5, 0.6) is 17.2 Å². The molecule has 4 amide bonds. The van der Waals surface area contributed by atoms with Crippen LogP contribution in [0.1, 0.15) is 12.0 Å². The van der Waals surface area contributed by atoms with Crippen molar-refractivity contribution in [1.29, 1.82) is 0 Å². The summed E-state index contributed by atoms with van der Waals surface area (Å²) in [5.74, 6) is 0.854. The van der Waals surface area contributed by atoms with Gasteiger partial charge in [-0.1, -0.05) is 24.3 Å². The number of urea groups is 1. The fraction of sp³-hybridized carbons (Fsp3) is 0.222. The number of carbonyl (C=O) groups is 3. The highest BCUT2D eigenvalue weighted by atomic mass is 16.5. The van der Waals surface area contributed by atoms with Gasteiger partial charge < -0.3 is 24.4 Å². The Bertz CT molecular complexity index is 1250. The Morgan fingerprint density at radius 2 is 1.56 bits per heavy atom. The molecule has 0 aromatic heterocycles. The fourth-order valence-corrected chi connectivity index (χ4v) is 4.07. The van der Waals surface area contributed by atoms with Crippen LogP contribution in [0.3, 0.4) is 0 Å². The molecule has 1 saturated heterocycles. The number of amides is 4. The number of benzene rings is 3. The predicted octanol–water partition coefficient (Wildman–Crippen LogP) is 4.08. The van der Waals surface area contributed by atoms with E-state index in [0.29, 0.717) is 28.6 Å². The number of nitrogens with zero attached hydrogens (tertiary/aromatic N) is 2. The van der Waals surface area contributed by atoms with E-state index in [-0.39, 0.29) is 13.0 Å². The van der Waals surface area contributed by atoms with Crippen molar-refractivity contribution in [2.45, 2.75) is 19.0 Å². The maximum atomic E-state index is 13.4. The molecule has 36 heavy (non-hydrogen) atoms. The standard InChI is InChI=1S/C27H27N3O6/c1-34-21-12-10-19(11-13-21)28-25(31)16-22-26(32)30(20-7-5-4-6-8-20)27(33)29(22)17-18-9-14-23(35-2)24(15-18)36-3/h4-15,22H,16-17H2,1-3H3,(H,28,31)/t22-/m0/s1. The Morgan fingerprint density at radius 3 is 2.19 bits per heavy atom. The van der Waals surface area contributed by atoms with Gasteiger partial charge >= 0.3 is 6.03 Å². The maximum absolute atomic E-state index is 13.4. The SMILES string of the molecule is COc1ccc(NC(=O)C[C@H]2C(=O)N(c3ccccc3)C(=O)N2Cc2ccc(OC)c(OC)c2)cc1. The maximum Gasteiger partial charge on any atom is 0.332 e. The quantitative estimate of drug-likeness (QED) is 0.455. The van der Waals surface area contributed by atoms with Gasteiger partial charge in [-0.25, -0.2) is 9.69 Å². The highest BCUT2D eigenvalue weighted by molar-refractivity contribution is 6.22. The molecule has 3 aromatic rings. The third-order valence-corrected chi connectivity index (χ3v) is 5.89. The predicted molar refractivity (Wildman–Crippen MR) is 134 cm³/mol. The van der Waals surface area contributed by atoms with Gasteiger partial charge in [0.05, 0.1) is 33.4 Å². The summed E-state index contributed by atoms with van der Waals surface area (Å²) in [5.41, 5.74) is 1.73. The van der Waals surface area contributed by atoms with Crippen LogP contribution in [0.2, 0.25) is 0 Å². The summed E-state index contributed by atoms with van der Waals surface area (Å²) in [6, 6.07) is 19.3. The average molecular weight is 490 g/mol. The van der Waals surface area contributed by atoms with Crippen LogP contribution in [0.25, 0.3) is 0 Å². The van der Waals surface area contributed by atoms with Crippen LogP contribution in [0.15, 0.2) is 72.8 Å². The third-order valence-electron chi connectivity index (χ3n) is 5.89. The zero-order valence-electron chi connectivity index (χ0n) is 20.3. The summed E-state index contributed by atoms with van der Waals surface area (Å²) in [4.78, 5) is 42.3. The Labute approximate surface area is 209 Å². The van der Waals surface area contributed by atoms with E-state index >= 15 is 0 Å². The van der Waals surface area contributed by atoms with Crippen LogP contribution in [0, 0.1) is 0 Å². The van der Waals surface area contributed by atoms with E-state index in [1.54, 1.807) is 79.9 Å². The monoisotopic (exact) mass is 489 g/mol. The smallest absolute Gasteiger partial charge is 0.332 e. The summed E-state index contributed by atoms with van der Waals surface area (Å²) in [7, 11) is 4.62. The van der Waals surface area contributed by atoms with Crippen molar-refractivity contribution < 1.29 is 28.6 Å². The van der Waals surface area contributed by atoms with Gasteiger partial charge in [0.2, 0.25) is 5.91 Å². The average Bonchev–Trinajstić information content (AvgIpc) is 3.13. The van der Waals surface area contributed by atoms with E-state index in [0.717, 1.165) is 10.5 Å². The van der Waals surface area contributed by atoms with E-state index in [2.05, 4.69) is 5.32 Å². The number of ether oxygens (including phenoxy) is 3. The zero-order chi connectivity index (χ0) is 25.7. The first-order valence-electron chi connectivity index (χ1n) is 11.3. The molecule has 186 valence electrons. The number of para-hydroxylation sites is 1. The van der Waals surface area contributed by atoms with Gasteiger partial charge in [-0.3, -0.25) is 9.59 Å². The number of carbonyl (C=O) groups excluding carboxylic acids is 3. The van der Waals surface area contributed by atoms with Gasteiger partial charge in [0.15, 0.2) is 11.5 Å². The van der Waals surface area contributed by atoms with E-state index in [9.17, 15) is 14.4 Å². The number of hydrogen-bond acceptors (Lipinski definition) is 6. The van der Waals surface area contributed by atoms with Crippen molar-refractivity contribution in [2.75, 3.05) is 31.5 Å². The van der Waals surface area contributed by atoms with Crippen molar-refractivity contribution in [3.8, 4) is 17.2 Å². The molecule has 3 aromatic carbocycles. The minimum Gasteiger partial charge on any atom is -0.497 e. The molecule has 0 aliphatic carbocycles. The molecule has 1 atom stereocenters. The van der Waals surface area contributed by atoms with Crippen LogP contribution in [-0.2, 0) is 16.1 Å². The molecule has 1 aliphatic rings. The van der Waals surface area contributed by atoms with Gasteiger partial charge in [-0.05, 0) is 54.1 Å². The number of anilines is 2. The van der Waals surface area contributed by atoms with E-state index in [4.69, 9.17) is 14.2 Å².